The summed E-state index contributed by atoms with van der Waals surface area (Å²) in [5, 5.41) is 12.4. The molecular formula is C16H12F3N3. The van der Waals surface area contributed by atoms with Crippen molar-refractivity contribution in [3.05, 3.63) is 52.8 Å². The van der Waals surface area contributed by atoms with Crippen LogP contribution in [0.2, 0.25) is 0 Å². The van der Waals surface area contributed by atoms with E-state index in [1.54, 1.807) is 24.3 Å². The molecule has 6 heteroatoms. The van der Waals surface area contributed by atoms with Crippen molar-refractivity contribution in [1.29, 1.82) is 5.26 Å². The fraction of sp³-hybridized carbons (Fsp3) is 0.250. The minimum Gasteiger partial charge on any atom is -0.265 e. The molecule has 1 aromatic heterocycles. The number of alkyl halides is 3. The van der Waals surface area contributed by atoms with Gasteiger partial charge in [0.2, 0.25) is 0 Å². The summed E-state index contributed by atoms with van der Waals surface area (Å²) in [5.41, 5.74) is 0.772. The van der Waals surface area contributed by atoms with E-state index in [1.807, 2.05) is 6.07 Å². The Morgan fingerprint density at radius 2 is 1.91 bits per heavy atom. The second kappa shape index (κ2) is 6.36. The average Bonchev–Trinajstić information content (AvgIpc) is 2.89. The van der Waals surface area contributed by atoms with Crippen LogP contribution in [0.4, 0.5) is 13.2 Å². The largest absolute Gasteiger partial charge is 0.435 e. The van der Waals surface area contributed by atoms with Crippen molar-refractivity contribution in [2.24, 2.45) is 0 Å². The van der Waals surface area contributed by atoms with Gasteiger partial charge in [0.15, 0.2) is 5.69 Å². The predicted molar refractivity (Wildman–Crippen MR) is 74.6 cm³/mol. The molecule has 0 aliphatic carbocycles. The van der Waals surface area contributed by atoms with Crippen molar-refractivity contribution in [3.8, 4) is 18.4 Å². The Morgan fingerprint density at radius 3 is 2.45 bits per heavy atom. The van der Waals surface area contributed by atoms with Crippen molar-refractivity contribution < 1.29 is 13.2 Å². The van der Waals surface area contributed by atoms with Crippen molar-refractivity contribution in [2.75, 3.05) is 0 Å². The van der Waals surface area contributed by atoms with Crippen LogP contribution in [0.15, 0.2) is 30.3 Å². The van der Waals surface area contributed by atoms with E-state index in [4.69, 9.17) is 11.7 Å². The molecule has 0 N–H and O–H groups in total. The highest BCUT2D eigenvalue weighted by molar-refractivity contribution is 5.32. The molecule has 0 spiro atoms. The highest BCUT2D eigenvalue weighted by Crippen LogP contribution is 2.29. The molecule has 1 aromatic carbocycles. The number of nitriles is 1. The third kappa shape index (κ3) is 3.67. The van der Waals surface area contributed by atoms with Crippen molar-refractivity contribution >= 4 is 0 Å². The van der Waals surface area contributed by atoms with Gasteiger partial charge in [-0.2, -0.15) is 23.5 Å². The summed E-state index contributed by atoms with van der Waals surface area (Å²) in [6, 6.07) is 9.63. The Morgan fingerprint density at radius 1 is 1.23 bits per heavy atom. The lowest BCUT2D eigenvalue weighted by atomic mass is 10.1. The molecule has 0 atom stereocenters. The summed E-state index contributed by atoms with van der Waals surface area (Å²) in [7, 11) is 0. The van der Waals surface area contributed by atoms with E-state index in [0.29, 0.717) is 24.1 Å². The third-order valence-electron chi connectivity index (χ3n) is 3.09. The summed E-state index contributed by atoms with van der Waals surface area (Å²) in [6.45, 7) is 0.196. The number of hydrogen-bond acceptors (Lipinski definition) is 2. The van der Waals surface area contributed by atoms with E-state index >= 15 is 0 Å². The maximum Gasteiger partial charge on any atom is 0.435 e. The predicted octanol–water partition coefficient (Wildman–Crippen LogP) is 3.39. The zero-order valence-corrected chi connectivity index (χ0v) is 11.6. The molecule has 0 saturated carbocycles. The molecular weight excluding hydrogens is 291 g/mol. The SMILES string of the molecule is C#CCCc1cc(C(F)(F)F)nn1Cc1ccc(C#N)cc1. The molecule has 0 radical (unpaired) electrons. The number of halogens is 3. The Labute approximate surface area is 126 Å². The number of terminal acetylenes is 1. The van der Waals surface area contributed by atoms with Gasteiger partial charge in [-0.15, -0.1) is 12.3 Å². The molecule has 22 heavy (non-hydrogen) atoms. The molecule has 3 nitrogen and oxygen atoms in total. The average molecular weight is 303 g/mol. The van der Waals surface area contributed by atoms with Gasteiger partial charge >= 0.3 is 6.18 Å². The summed E-state index contributed by atoms with van der Waals surface area (Å²) in [5.74, 6) is 2.41. The van der Waals surface area contributed by atoms with Crippen molar-refractivity contribution in [2.45, 2.75) is 25.6 Å². The van der Waals surface area contributed by atoms with Crippen LogP contribution in [-0.2, 0) is 19.1 Å². The number of rotatable bonds is 4. The molecule has 0 saturated heterocycles. The first kappa shape index (κ1) is 15.7. The highest BCUT2D eigenvalue weighted by Gasteiger charge is 2.34. The van der Waals surface area contributed by atoms with Gasteiger partial charge in [0.1, 0.15) is 0 Å². The molecule has 0 amide bonds. The van der Waals surface area contributed by atoms with Crippen LogP contribution in [0.3, 0.4) is 0 Å². The topological polar surface area (TPSA) is 41.6 Å². The van der Waals surface area contributed by atoms with E-state index < -0.39 is 11.9 Å². The molecule has 0 bridgehead atoms. The second-order valence-electron chi connectivity index (χ2n) is 4.69. The number of aryl methyl sites for hydroxylation is 1. The lowest BCUT2D eigenvalue weighted by Crippen LogP contribution is -2.09. The molecule has 2 aromatic rings. The minimum absolute atomic E-state index is 0.196. The molecule has 1 heterocycles. The first-order valence-electron chi connectivity index (χ1n) is 6.50. The van der Waals surface area contributed by atoms with Gasteiger partial charge in [-0.1, -0.05) is 12.1 Å². The number of nitrogens with zero attached hydrogens (tertiary/aromatic N) is 3. The van der Waals surface area contributed by atoms with Crippen LogP contribution in [0.5, 0.6) is 0 Å². The molecule has 0 unspecified atom stereocenters. The van der Waals surface area contributed by atoms with Gasteiger partial charge < -0.3 is 0 Å². The standard InChI is InChI=1S/C16H12F3N3/c1-2-3-4-14-9-15(16(17,18)19)21-22(14)11-13-7-5-12(10-20)6-8-13/h1,5-9H,3-4,11H2. The zero-order valence-electron chi connectivity index (χ0n) is 11.6. The fourth-order valence-electron chi connectivity index (χ4n) is 1.99. The van der Waals surface area contributed by atoms with E-state index in [2.05, 4.69) is 11.0 Å². The van der Waals surface area contributed by atoms with Crippen LogP contribution < -0.4 is 0 Å². The third-order valence-corrected chi connectivity index (χ3v) is 3.09. The zero-order chi connectivity index (χ0) is 16.2. The van der Waals surface area contributed by atoms with Crippen molar-refractivity contribution in [3.63, 3.8) is 0 Å². The number of hydrogen-bond donors (Lipinski definition) is 0. The van der Waals surface area contributed by atoms with Gasteiger partial charge in [0.25, 0.3) is 0 Å². The normalized spacial score (nSPS) is 11.0. The van der Waals surface area contributed by atoms with Crippen LogP contribution in [0.25, 0.3) is 0 Å². The maximum atomic E-state index is 12.8. The number of benzene rings is 1. The Balaban J connectivity index is 2.29. The van der Waals surface area contributed by atoms with E-state index in [0.717, 1.165) is 11.6 Å². The Bertz CT molecular complexity index is 728. The smallest absolute Gasteiger partial charge is 0.265 e. The highest BCUT2D eigenvalue weighted by atomic mass is 19.4. The van der Waals surface area contributed by atoms with E-state index in [-0.39, 0.29) is 6.54 Å². The van der Waals surface area contributed by atoms with Gasteiger partial charge in [0.05, 0.1) is 18.2 Å². The molecule has 112 valence electrons. The first-order valence-corrected chi connectivity index (χ1v) is 6.50. The van der Waals surface area contributed by atoms with E-state index in [9.17, 15) is 13.2 Å². The van der Waals surface area contributed by atoms with E-state index in [1.165, 1.54) is 4.68 Å². The summed E-state index contributed by atoms with van der Waals surface area (Å²) in [4.78, 5) is 0. The first-order chi connectivity index (χ1) is 10.4. The number of aromatic nitrogens is 2. The summed E-state index contributed by atoms with van der Waals surface area (Å²) in [6.07, 6.45) is 1.36. The molecule has 2 rings (SSSR count). The Hall–Kier alpha value is -2.73. The lowest BCUT2D eigenvalue weighted by molar-refractivity contribution is -0.141. The Kier molecular flexibility index (Phi) is 4.53. The van der Waals surface area contributed by atoms with Gasteiger partial charge in [-0.05, 0) is 23.8 Å². The van der Waals surface area contributed by atoms with Crippen LogP contribution in [0.1, 0.15) is 28.9 Å². The van der Waals surface area contributed by atoms with Crippen molar-refractivity contribution in [1.82, 2.24) is 9.78 Å². The van der Waals surface area contributed by atoms with Gasteiger partial charge in [-0.25, -0.2) is 0 Å². The van der Waals surface area contributed by atoms with Crippen LogP contribution in [-0.4, -0.2) is 9.78 Å². The maximum absolute atomic E-state index is 12.8. The summed E-state index contributed by atoms with van der Waals surface area (Å²) >= 11 is 0. The fourth-order valence-corrected chi connectivity index (χ4v) is 1.99. The summed E-state index contributed by atoms with van der Waals surface area (Å²) < 4.78 is 39.7. The quantitative estimate of drug-likeness (QED) is 0.812. The lowest BCUT2D eigenvalue weighted by Gasteiger charge is -2.07. The van der Waals surface area contributed by atoms with Gasteiger partial charge in [-0.3, -0.25) is 4.68 Å². The molecule has 0 aliphatic heterocycles. The molecule has 0 aliphatic rings. The van der Waals surface area contributed by atoms with Crippen LogP contribution >= 0.6 is 0 Å². The monoisotopic (exact) mass is 303 g/mol. The second-order valence-corrected chi connectivity index (χ2v) is 4.69. The van der Waals surface area contributed by atoms with Crippen LogP contribution in [0, 0.1) is 23.7 Å². The molecule has 0 fully saturated rings. The van der Waals surface area contributed by atoms with Gasteiger partial charge in [0, 0.05) is 18.5 Å². The minimum atomic E-state index is -4.49.